The first-order valence-electron chi connectivity index (χ1n) is 14.7. The second kappa shape index (κ2) is 14.6. The Morgan fingerprint density at radius 3 is 2.16 bits per heavy atom. The van der Waals surface area contributed by atoms with Crippen molar-refractivity contribution in [1.82, 2.24) is 15.5 Å². The fraction of sp³-hybridized carbons (Fsp3) is 0.515. The van der Waals surface area contributed by atoms with Crippen LogP contribution in [0.1, 0.15) is 71.6 Å². The van der Waals surface area contributed by atoms with E-state index in [0.29, 0.717) is 31.6 Å². The monoisotopic (exact) mass is 595 g/mol. The van der Waals surface area contributed by atoms with Crippen LogP contribution >= 0.6 is 0 Å². The Morgan fingerprint density at radius 2 is 1.53 bits per heavy atom. The highest BCUT2D eigenvalue weighted by atomic mass is 16.6. The highest BCUT2D eigenvalue weighted by Gasteiger charge is 2.34. The molecule has 2 aromatic rings. The molecule has 1 fully saturated rings. The minimum atomic E-state index is -0.962. The van der Waals surface area contributed by atoms with Gasteiger partial charge in [0.25, 0.3) is 0 Å². The van der Waals surface area contributed by atoms with Gasteiger partial charge < -0.3 is 30.1 Å². The topological polar surface area (TPSA) is 134 Å². The molecule has 10 nitrogen and oxygen atoms in total. The Balaban J connectivity index is 1.52. The molecule has 3 rings (SSSR count). The van der Waals surface area contributed by atoms with Gasteiger partial charge in [-0.1, -0.05) is 36.4 Å². The fourth-order valence-electron chi connectivity index (χ4n) is 4.36. The van der Waals surface area contributed by atoms with E-state index in [9.17, 15) is 24.3 Å². The largest absolute Gasteiger partial charge is 0.422 e. The van der Waals surface area contributed by atoms with Gasteiger partial charge >= 0.3 is 11.9 Å². The smallest absolute Gasteiger partial charge is 0.316 e. The zero-order valence-electron chi connectivity index (χ0n) is 26.1. The average Bonchev–Trinajstić information content (AvgIpc) is 3.43. The number of hydrogen-bond acceptors (Lipinski definition) is 8. The molecule has 1 unspecified atom stereocenters. The second-order valence-electron chi connectivity index (χ2n) is 12.9. The third-order valence-electron chi connectivity index (χ3n) is 7.00. The third-order valence-corrected chi connectivity index (χ3v) is 7.00. The van der Waals surface area contributed by atoms with Crippen LogP contribution in [-0.4, -0.2) is 66.0 Å². The molecule has 0 aromatic heterocycles. The minimum absolute atomic E-state index is 0.0456. The van der Waals surface area contributed by atoms with E-state index in [4.69, 9.17) is 9.47 Å². The van der Waals surface area contributed by atoms with E-state index in [1.165, 1.54) is 12.1 Å². The first kappa shape index (κ1) is 33.7. The predicted molar refractivity (Wildman–Crippen MR) is 162 cm³/mol. The van der Waals surface area contributed by atoms with Crippen molar-refractivity contribution in [1.29, 1.82) is 0 Å². The van der Waals surface area contributed by atoms with Gasteiger partial charge in [-0.3, -0.25) is 19.2 Å². The van der Waals surface area contributed by atoms with Gasteiger partial charge in [-0.05, 0) is 77.6 Å². The summed E-state index contributed by atoms with van der Waals surface area (Å²) in [5, 5.41) is 16.8. The molecule has 1 aliphatic heterocycles. The van der Waals surface area contributed by atoms with E-state index in [1.54, 1.807) is 52.5 Å². The van der Waals surface area contributed by atoms with Crippen LogP contribution in [0, 0.1) is 10.8 Å². The minimum Gasteiger partial charge on any atom is -0.422 e. The van der Waals surface area contributed by atoms with Gasteiger partial charge in [-0.15, -0.1) is 0 Å². The molecule has 2 amide bonds. The number of nitrogens with zero attached hydrogens (tertiary/aromatic N) is 1. The van der Waals surface area contributed by atoms with E-state index >= 15 is 0 Å². The Bertz CT molecular complexity index is 1280. The first-order chi connectivity index (χ1) is 20.2. The van der Waals surface area contributed by atoms with Crippen molar-refractivity contribution in [2.45, 2.75) is 73.0 Å². The second-order valence-corrected chi connectivity index (χ2v) is 12.9. The van der Waals surface area contributed by atoms with Gasteiger partial charge in [0.15, 0.2) is 11.5 Å². The van der Waals surface area contributed by atoms with Gasteiger partial charge in [0.2, 0.25) is 11.8 Å². The maximum atomic E-state index is 12.8. The normalized spacial score (nSPS) is 16.0. The number of rotatable bonds is 11. The fourth-order valence-corrected chi connectivity index (χ4v) is 4.36. The maximum absolute atomic E-state index is 12.8. The zero-order chi connectivity index (χ0) is 31.8. The van der Waals surface area contributed by atoms with Crippen molar-refractivity contribution < 1.29 is 33.8 Å². The lowest BCUT2D eigenvalue weighted by molar-refractivity contribution is -0.145. The van der Waals surface area contributed by atoms with Crippen LogP contribution in [0.25, 0.3) is 0 Å². The molecule has 0 bridgehead atoms. The third kappa shape index (κ3) is 9.90. The predicted octanol–water partition coefficient (Wildman–Crippen LogP) is 3.56. The molecule has 10 heteroatoms. The standard InChI is InChI=1S/C33H45N3O7/c1-32(2,3)30(40)42-26-15-14-23(20-27(26)43-31(41)33(4,5)6)25(37)21-34-16-17-35-29(39)24-13-10-18-36(24)28(38)19-22-11-8-7-9-12-22/h7-9,11-12,14-15,20,24-25,34,37H,10,13,16-19,21H2,1-6H3,(H,35,39)/t24-,25?/m0/s1. The van der Waals surface area contributed by atoms with E-state index in [1.807, 2.05) is 30.3 Å². The number of hydrogen-bond donors (Lipinski definition) is 3. The summed E-state index contributed by atoms with van der Waals surface area (Å²) in [6.07, 6.45) is 0.712. The number of ether oxygens (including phenoxy) is 2. The summed E-state index contributed by atoms with van der Waals surface area (Å²) in [4.78, 5) is 52.4. The van der Waals surface area contributed by atoms with Crippen molar-refractivity contribution >= 4 is 23.8 Å². The van der Waals surface area contributed by atoms with Gasteiger partial charge in [-0.2, -0.15) is 0 Å². The van der Waals surface area contributed by atoms with Crippen LogP contribution in [0.2, 0.25) is 0 Å². The Labute approximate surface area is 254 Å². The molecule has 0 aliphatic carbocycles. The number of nitrogens with one attached hydrogen (secondary N) is 2. The van der Waals surface area contributed by atoms with Crippen molar-refractivity contribution in [3.05, 3.63) is 59.7 Å². The number of benzene rings is 2. The lowest BCUT2D eigenvalue weighted by atomic mass is 9.97. The van der Waals surface area contributed by atoms with Gasteiger partial charge in [0.05, 0.1) is 23.4 Å². The number of likely N-dealkylation sites (tertiary alicyclic amines) is 1. The van der Waals surface area contributed by atoms with Crippen molar-refractivity contribution in [3.8, 4) is 11.5 Å². The van der Waals surface area contributed by atoms with E-state index in [0.717, 1.165) is 12.0 Å². The molecule has 0 radical (unpaired) electrons. The van der Waals surface area contributed by atoms with Gasteiger partial charge in [-0.25, -0.2) is 0 Å². The summed E-state index contributed by atoms with van der Waals surface area (Å²) in [5.41, 5.74) is -0.184. The number of carbonyl (C=O) groups is 4. The zero-order valence-corrected chi connectivity index (χ0v) is 26.1. The molecule has 1 heterocycles. The highest BCUT2D eigenvalue weighted by Crippen LogP contribution is 2.34. The van der Waals surface area contributed by atoms with E-state index in [-0.39, 0.29) is 36.3 Å². The Kier molecular flexibility index (Phi) is 11.5. The van der Waals surface area contributed by atoms with Crippen LogP contribution in [0.3, 0.4) is 0 Å². The molecule has 1 saturated heterocycles. The SMILES string of the molecule is CC(C)(C)C(=O)Oc1ccc(C(O)CNCCNC(=O)[C@@H]2CCCN2C(=O)Cc2ccccc2)cc1OC(=O)C(C)(C)C. The first-order valence-corrected chi connectivity index (χ1v) is 14.7. The molecular formula is C33H45N3O7. The lowest BCUT2D eigenvalue weighted by Crippen LogP contribution is -2.47. The number of amides is 2. The number of carbonyl (C=O) groups excluding carboxylic acids is 4. The average molecular weight is 596 g/mol. The summed E-state index contributed by atoms with van der Waals surface area (Å²) >= 11 is 0. The molecule has 1 aliphatic rings. The van der Waals surface area contributed by atoms with Crippen LogP contribution in [0.5, 0.6) is 11.5 Å². The number of aliphatic hydroxyl groups is 1. The maximum Gasteiger partial charge on any atom is 0.316 e. The highest BCUT2D eigenvalue weighted by molar-refractivity contribution is 5.89. The van der Waals surface area contributed by atoms with Crippen LogP contribution in [0.4, 0.5) is 0 Å². The summed E-state index contributed by atoms with van der Waals surface area (Å²) in [5.74, 6) is -1.11. The summed E-state index contributed by atoms with van der Waals surface area (Å²) in [6, 6.07) is 13.6. The van der Waals surface area contributed by atoms with E-state index in [2.05, 4.69) is 10.6 Å². The molecule has 43 heavy (non-hydrogen) atoms. The molecule has 234 valence electrons. The van der Waals surface area contributed by atoms with Crippen molar-refractivity contribution in [2.75, 3.05) is 26.2 Å². The Hall–Kier alpha value is -3.76. The van der Waals surface area contributed by atoms with Crippen LogP contribution in [0.15, 0.2) is 48.5 Å². The molecule has 0 spiro atoms. The van der Waals surface area contributed by atoms with Gasteiger partial charge in [0.1, 0.15) is 6.04 Å². The quantitative estimate of drug-likeness (QED) is 0.204. The van der Waals surface area contributed by atoms with Gasteiger partial charge in [0, 0.05) is 26.2 Å². The number of aliphatic hydroxyl groups excluding tert-OH is 1. The molecule has 3 N–H and O–H groups in total. The lowest BCUT2D eigenvalue weighted by Gasteiger charge is -2.24. The molecule has 2 atom stereocenters. The summed E-state index contributed by atoms with van der Waals surface area (Å²) in [7, 11) is 0. The summed E-state index contributed by atoms with van der Waals surface area (Å²) in [6.45, 7) is 11.7. The van der Waals surface area contributed by atoms with E-state index < -0.39 is 34.9 Å². The van der Waals surface area contributed by atoms with Crippen molar-refractivity contribution in [2.24, 2.45) is 10.8 Å². The summed E-state index contributed by atoms with van der Waals surface area (Å²) < 4.78 is 11.1. The van der Waals surface area contributed by atoms with Crippen LogP contribution < -0.4 is 20.1 Å². The van der Waals surface area contributed by atoms with Crippen LogP contribution in [-0.2, 0) is 25.6 Å². The molecule has 2 aromatic carbocycles. The Morgan fingerprint density at radius 1 is 0.907 bits per heavy atom. The molecular weight excluding hydrogens is 550 g/mol. The molecule has 0 saturated carbocycles. The number of esters is 2. The van der Waals surface area contributed by atoms with Crippen molar-refractivity contribution in [3.63, 3.8) is 0 Å².